The number of benzene rings is 3. The molecule has 0 aliphatic carbocycles. The van der Waals surface area contributed by atoms with E-state index in [1.165, 1.54) is 0 Å². The van der Waals surface area contributed by atoms with Gasteiger partial charge in [-0.05, 0) is 23.3 Å². The zero-order chi connectivity index (χ0) is 18.8. The smallest absolute Gasteiger partial charge is 0.258 e. The van der Waals surface area contributed by atoms with Gasteiger partial charge in [0.25, 0.3) is 5.56 Å². The first kappa shape index (κ1) is 17.5. The molecule has 132 valence electrons. The maximum absolute atomic E-state index is 12.9. The summed E-state index contributed by atoms with van der Waals surface area (Å²) >= 11 is 12.8. The zero-order valence-corrected chi connectivity index (χ0v) is 15.6. The van der Waals surface area contributed by atoms with Crippen molar-refractivity contribution in [2.75, 3.05) is 0 Å². The number of hydrogen-bond acceptors (Lipinski definition) is 2. The lowest BCUT2D eigenvalue weighted by Crippen LogP contribution is -2.10. The van der Waals surface area contributed by atoms with Gasteiger partial charge in [0, 0.05) is 11.6 Å². The molecule has 5 heteroatoms. The van der Waals surface area contributed by atoms with Crippen LogP contribution in [0.4, 0.5) is 5.69 Å². The molecule has 0 amide bonds. The van der Waals surface area contributed by atoms with Gasteiger partial charge in [0.15, 0.2) is 0 Å². The highest BCUT2D eigenvalue weighted by Crippen LogP contribution is 2.39. The first-order valence-corrected chi connectivity index (χ1v) is 9.09. The summed E-state index contributed by atoms with van der Waals surface area (Å²) in [6.07, 6.45) is 1.72. The van der Waals surface area contributed by atoms with Crippen molar-refractivity contribution in [1.29, 1.82) is 0 Å². The molecule has 0 aliphatic heterocycles. The van der Waals surface area contributed by atoms with Crippen LogP contribution in [0, 0.1) is 0 Å². The SMILES string of the molecule is O=c1[nH]c2c(Cl)ccc(Cl)c2c(N=Cc2ccccc2)c1-c1ccccc1. The lowest BCUT2D eigenvalue weighted by atomic mass is 10.0. The Morgan fingerprint density at radius 1 is 0.815 bits per heavy atom. The van der Waals surface area contributed by atoms with Crippen LogP contribution in [0.15, 0.2) is 82.6 Å². The van der Waals surface area contributed by atoms with E-state index in [0.29, 0.717) is 32.2 Å². The second-order valence-corrected chi connectivity index (χ2v) is 6.81. The van der Waals surface area contributed by atoms with Crippen LogP contribution in [-0.2, 0) is 0 Å². The molecule has 0 saturated carbocycles. The molecule has 0 aliphatic rings. The molecular formula is C22H14Cl2N2O. The van der Waals surface area contributed by atoms with E-state index in [0.717, 1.165) is 11.1 Å². The van der Waals surface area contributed by atoms with Crippen LogP contribution in [0.5, 0.6) is 0 Å². The molecule has 1 heterocycles. The monoisotopic (exact) mass is 392 g/mol. The van der Waals surface area contributed by atoms with Crippen molar-refractivity contribution in [3.63, 3.8) is 0 Å². The highest BCUT2D eigenvalue weighted by molar-refractivity contribution is 6.41. The third-order valence-corrected chi connectivity index (χ3v) is 4.88. The molecule has 0 bridgehead atoms. The third-order valence-electron chi connectivity index (χ3n) is 4.25. The highest BCUT2D eigenvalue weighted by atomic mass is 35.5. The van der Waals surface area contributed by atoms with Crippen molar-refractivity contribution in [3.05, 3.63) is 98.8 Å². The molecule has 0 radical (unpaired) electrons. The van der Waals surface area contributed by atoms with Crippen molar-refractivity contribution in [2.45, 2.75) is 0 Å². The van der Waals surface area contributed by atoms with E-state index in [4.69, 9.17) is 23.2 Å². The number of pyridine rings is 1. The Labute approximate surface area is 165 Å². The summed E-state index contributed by atoms with van der Waals surface area (Å²) in [5.74, 6) is 0. The third kappa shape index (κ3) is 3.39. The van der Waals surface area contributed by atoms with Crippen molar-refractivity contribution in [3.8, 4) is 11.1 Å². The number of nitrogens with one attached hydrogen (secondary N) is 1. The summed E-state index contributed by atoms with van der Waals surface area (Å²) in [4.78, 5) is 20.4. The van der Waals surface area contributed by atoms with Crippen LogP contribution in [0.2, 0.25) is 10.0 Å². The minimum absolute atomic E-state index is 0.266. The van der Waals surface area contributed by atoms with Gasteiger partial charge >= 0.3 is 0 Å². The van der Waals surface area contributed by atoms with E-state index in [1.807, 2.05) is 60.7 Å². The fourth-order valence-corrected chi connectivity index (χ4v) is 3.45. The largest absolute Gasteiger partial charge is 0.320 e. The number of aromatic amines is 1. The van der Waals surface area contributed by atoms with Crippen LogP contribution >= 0.6 is 23.2 Å². The Hall–Kier alpha value is -2.88. The van der Waals surface area contributed by atoms with Gasteiger partial charge in [-0.2, -0.15) is 0 Å². The Balaban J connectivity index is 2.07. The molecule has 3 nitrogen and oxygen atoms in total. The molecule has 0 atom stereocenters. The van der Waals surface area contributed by atoms with Gasteiger partial charge in [-0.1, -0.05) is 83.9 Å². The van der Waals surface area contributed by atoms with Gasteiger partial charge in [-0.25, -0.2) is 0 Å². The number of H-pyrrole nitrogens is 1. The van der Waals surface area contributed by atoms with E-state index in [1.54, 1.807) is 18.3 Å². The van der Waals surface area contributed by atoms with Crippen molar-refractivity contribution in [2.24, 2.45) is 4.99 Å². The molecular weight excluding hydrogens is 379 g/mol. The first-order valence-electron chi connectivity index (χ1n) is 8.33. The summed E-state index contributed by atoms with van der Waals surface area (Å²) in [5.41, 5.74) is 2.85. The lowest BCUT2D eigenvalue weighted by molar-refractivity contribution is 1.30. The van der Waals surface area contributed by atoms with E-state index < -0.39 is 0 Å². The molecule has 1 aromatic heterocycles. The molecule has 27 heavy (non-hydrogen) atoms. The average Bonchev–Trinajstić information content (AvgIpc) is 2.70. The number of rotatable bonds is 3. The topological polar surface area (TPSA) is 45.2 Å². The molecule has 0 fully saturated rings. The van der Waals surface area contributed by atoms with E-state index >= 15 is 0 Å². The quantitative estimate of drug-likeness (QED) is 0.411. The Morgan fingerprint density at radius 2 is 1.44 bits per heavy atom. The van der Waals surface area contributed by atoms with Crippen LogP contribution in [0.3, 0.4) is 0 Å². The maximum atomic E-state index is 12.9. The first-order chi connectivity index (χ1) is 13.1. The van der Waals surface area contributed by atoms with Crippen LogP contribution < -0.4 is 5.56 Å². The molecule has 0 unspecified atom stereocenters. The zero-order valence-electron chi connectivity index (χ0n) is 14.1. The number of nitrogens with zero attached hydrogens (tertiary/aromatic N) is 1. The van der Waals surface area contributed by atoms with E-state index in [9.17, 15) is 4.79 Å². The Bertz CT molecular complexity index is 1200. The van der Waals surface area contributed by atoms with Gasteiger partial charge < -0.3 is 4.98 Å². The highest BCUT2D eigenvalue weighted by Gasteiger charge is 2.17. The average molecular weight is 393 g/mol. The number of halogens is 2. The van der Waals surface area contributed by atoms with Crippen molar-refractivity contribution in [1.82, 2.24) is 4.98 Å². The molecule has 3 aromatic carbocycles. The molecule has 4 aromatic rings. The predicted molar refractivity (Wildman–Crippen MR) is 114 cm³/mol. The Kier molecular flexibility index (Phi) is 4.80. The van der Waals surface area contributed by atoms with Gasteiger partial charge in [-0.15, -0.1) is 0 Å². The van der Waals surface area contributed by atoms with Crippen LogP contribution in [0.25, 0.3) is 22.0 Å². The number of hydrogen-bond donors (Lipinski definition) is 1. The van der Waals surface area contributed by atoms with Crippen molar-refractivity contribution < 1.29 is 0 Å². The summed E-state index contributed by atoms with van der Waals surface area (Å²) in [7, 11) is 0. The van der Waals surface area contributed by atoms with Crippen LogP contribution in [0.1, 0.15) is 5.56 Å². The van der Waals surface area contributed by atoms with E-state index in [-0.39, 0.29) is 5.56 Å². The standard InChI is InChI=1S/C22H14Cl2N2O/c23-16-11-12-17(24)20-19(16)21(25-13-14-7-3-1-4-8-14)18(22(27)26-20)15-9-5-2-6-10-15/h1-13H,(H,26,27). The minimum atomic E-state index is -0.266. The van der Waals surface area contributed by atoms with E-state index in [2.05, 4.69) is 9.98 Å². The summed E-state index contributed by atoms with van der Waals surface area (Å²) in [6, 6.07) is 22.4. The van der Waals surface area contributed by atoms with Crippen molar-refractivity contribution >= 4 is 46.0 Å². The lowest BCUT2D eigenvalue weighted by Gasteiger charge is -2.11. The van der Waals surface area contributed by atoms with Gasteiger partial charge in [-0.3, -0.25) is 9.79 Å². The number of fused-ring (bicyclic) bond motifs is 1. The van der Waals surface area contributed by atoms with Gasteiger partial charge in [0.2, 0.25) is 0 Å². The van der Waals surface area contributed by atoms with Gasteiger partial charge in [0.1, 0.15) is 0 Å². The van der Waals surface area contributed by atoms with Crippen LogP contribution in [-0.4, -0.2) is 11.2 Å². The van der Waals surface area contributed by atoms with Gasteiger partial charge in [0.05, 0.1) is 26.8 Å². The fraction of sp³-hybridized carbons (Fsp3) is 0. The number of aromatic nitrogens is 1. The maximum Gasteiger partial charge on any atom is 0.258 e. The molecule has 0 saturated heterocycles. The fourth-order valence-electron chi connectivity index (χ4n) is 2.99. The molecule has 0 spiro atoms. The summed E-state index contributed by atoms with van der Waals surface area (Å²) in [5, 5.41) is 1.51. The summed E-state index contributed by atoms with van der Waals surface area (Å²) in [6.45, 7) is 0. The molecule has 4 rings (SSSR count). The Morgan fingerprint density at radius 3 is 2.15 bits per heavy atom. The minimum Gasteiger partial charge on any atom is -0.320 e. The molecule has 1 N–H and O–H groups in total. The second-order valence-electron chi connectivity index (χ2n) is 5.99. The predicted octanol–water partition coefficient (Wildman–Crippen LogP) is 6.25. The number of aliphatic imine (C=N–C) groups is 1. The normalized spacial score (nSPS) is 11.3. The second kappa shape index (κ2) is 7.39. The summed E-state index contributed by atoms with van der Waals surface area (Å²) < 4.78 is 0.